The van der Waals surface area contributed by atoms with Crippen LogP contribution in [0.4, 0.5) is 0 Å². The van der Waals surface area contributed by atoms with Gasteiger partial charge in [-0.25, -0.2) is 8.42 Å². The number of thioether (sulfide) groups is 1. The van der Waals surface area contributed by atoms with E-state index < -0.39 is 9.84 Å². The molecule has 0 unspecified atom stereocenters. The van der Waals surface area contributed by atoms with E-state index in [4.69, 9.17) is 11.6 Å². The highest BCUT2D eigenvalue weighted by molar-refractivity contribution is 7.99. The molecule has 2 aromatic carbocycles. The molecule has 0 spiro atoms. The van der Waals surface area contributed by atoms with Crippen LogP contribution in [0.5, 0.6) is 0 Å². The summed E-state index contributed by atoms with van der Waals surface area (Å²) in [5.74, 6) is 0.911. The van der Waals surface area contributed by atoms with Gasteiger partial charge in [-0.1, -0.05) is 35.9 Å². The van der Waals surface area contributed by atoms with E-state index in [0.717, 1.165) is 41.6 Å². The Morgan fingerprint density at radius 2 is 1.80 bits per heavy atom. The minimum Gasteiger partial charge on any atom is -0.316 e. The van der Waals surface area contributed by atoms with E-state index in [-0.39, 0.29) is 5.75 Å². The van der Waals surface area contributed by atoms with Crippen LogP contribution in [0.1, 0.15) is 17.5 Å². The van der Waals surface area contributed by atoms with Crippen molar-refractivity contribution >= 4 is 33.2 Å². The Bertz CT molecular complexity index is 823. The first-order chi connectivity index (χ1) is 12.1. The Labute approximate surface area is 159 Å². The van der Waals surface area contributed by atoms with E-state index in [9.17, 15) is 8.42 Å². The summed E-state index contributed by atoms with van der Waals surface area (Å²) in [5, 5.41) is 4.19. The van der Waals surface area contributed by atoms with Gasteiger partial charge >= 0.3 is 0 Å². The fourth-order valence-corrected chi connectivity index (χ4v) is 6.00. The molecule has 1 heterocycles. The van der Waals surface area contributed by atoms with Crippen molar-refractivity contribution in [3.05, 3.63) is 58.6 Å². The molecule has 6 heteroatoms. The number of fused-ring (bicyclic) bond motifs is 1. The lowest BCUT2D eigenvalue weighted by Crippen LogP contribution is -2.16. The van der Waals surface area contributed by atoms with E-state index in [2.05, 4.69) is 11.4 Å². The van der Waals surface area contributed by atoms with Crippen LogP contribution >= 0.6 is 23.4 Å². The van der Waals surface area contributed by atoms with E-state index in [0.29, 0.717) is 11.3 Å². The molecule has 2 aromatic rings. The number of hydrogen-bond acceptors (Lipinski definition) is 4. The van der Waals surface area contributed by atoms with E-state index in [1.807, 2.05) is 12.1 Å². The molecular formula is C19H22ClNO2S2. The minimum atomic E-state index is -3.20. The highest BCUT2D eigenvalue weighted by Gasteiger charge is 2.17. The highest BCUT2D eigenvalue weighted by Crippen LogP contribution is 2.34. The molecule has 0 saturated heterocycles. The zero-order valence-corrected chi connectivity index (χ0v) is 16.4. The molecule has 134 valence electrons. The van der Waals surface area contributed by atoms with Crippen LogP contribution in [0.3, 0.4) is 0 Å². The third-order valence-electron chi connectivity index (χ3n) is 4.34. The first-order valence-electron chi connectivity index (χ1n) is 8.49. The van der Waals surface area contributed by atoms with Gasteiger partial charge in [-0.2, -0.15) is 0 Å². The van der Waals surface area contributed by atoms with Crippen molar-refractivity contribution in [3.8, 4) is 0 Å². The molecule has 1 aliphatic heterocycles. The summed E-state index contributed by atoms with van der Waals surface area (Å²) in [6.07, 6.45) is 2.60. The maximum Gasteiger partial charge on any atom is 0.178 e. The number of hydrogen-bond donors (Lipinski definition) is 1. The number of halogens is 1. The Morgan fingerprint density at radius 1 is 1.04 bits per heavy atom. The molecule has 0 aromatic heterocycles. The van der Waals surface area contributed by atoms with Crippen LogP contribution < -0.4 is 5.32 Å². The van der Waals surface area contributed by atoms with Crippen molar-refractivity contribution < 1.29 is 8.42 Å². The molecule has 0 fully saturated rings. The summed E-state index contributed by atoms with van der Waals surface area (Å²) in [4.78, 5) is 1.53. The molecule has 0 saturated carbocycles. The van der Waals surface area contributed by atoms with Gasteiger partial charge in [0.1, 0.15) is 0 Å². The topological polar surface area (TPSA) is 46.2 Å². The van der Waals surface area contributed by atoms with Crippen molar-refractivity contribution in [3.63, 3.8) is 0 Å². The summed E-state index contributed by atoms with van der Waals surface area (Å²) in [6, 6.07) is 12.7. The smallest absolute Gasteiger partial charge is 0.178 e. The van der Waals surface area contributed by atoms with Gasteiger partial charge in [0.25, 0.3) is 0 Å². The van der Waals surface area contributed by atoms with Crippen molar-refractivity contribution in [2.75, 3.05) is 24.6 Å². The molecule has 25 heavy (non-hydrogen) atoms. The quantitative estimate of drug-likeness (QED) is 0.593. The predicted molar refractivity (Wildman–Crippen MR) is 106 cm³/mol. The van der Waals surface area contributed by atoms with Crippen LogP contribution in [-0.4, -0.2) is 33.0 Å². The average molecular weight is 396 g/mol. The second-order valence-corrected chi connectivity index (χ2v) is 9.72. The monoisotopic (exact) mass is 395 g/mol. The lowest BCUT2D eigenvalue weighted by Gasteiger charge is -2.14. The lowest BCUT2D eigenvalue weighted by molar-refractivity contribution is 0.595. The van der Waals surface area contributed by atoms with Gasteiger partial charge in [-0.05, 0) is 67.4 Å². The van der Waals surface area contributed by atoms with Crippen molar-refractivity contribution in [1.29, 1.82) is 0 Å². The normalized spacial score (nSPS) is 14.8. The zero-order chi connectivity index (χ0) is 17.7. The molecule has 0 atom stereocenters. The first-order valence-corrected chi connectivity index (χ1v) is 11.5. The predicted octanol–water partition coefficient (Wildman–Crippen LogP) is 3.98. The third-order valence-corrected chi connectivity index (χ3v) is 7.83. The second-order valence-electron chi connectivity index (χ2n) is 6.10. The first kappa shape index (κ1) is 18.8. The zero-order valence-electron chi connectivity index (χ0n) is 14.0. The third kappa shape index (κ3) is 4.79. The van der Waals surface area contributed by atoms with Gasteiger partial charge in [0.2, 0.25) is 0 Å². The van der Waals surface area contributed by atoms with E-state index in [1.54, 1.807) is 36.0 Å². The number of sulfone groups is 1. The molecule has 0 bridgehead atoms. The van der Waals surface area contributed by atoms with Crippen LogP contribution in [0, 0.1) is 0 Å². The molecule has 0 aliphatic carbocycles. The van der Waals surface area contributed by atoms with Crippen LogP contribution in [-0.2, 0) is 22.7 Å². The maximum atomic E-state index is 12.3. The van der Waals surface area contributed by atoms with E-state index in [1.165, 1.54) is 11.1 Å². The van der Waals surface area contributed by atoms with Gasteiger partial charge < -0.3 is 5.32 Å². The van der Waals surface area contributed by atoms with Crippen molar-refractivity contribution in [2.45, 2.75) is 29.1 Å². The molecule has 3 nitrogen and oxygen atoms in total. The Balaban J connectivity index is 1.63. The SMILES string of the molecule is O=S(=O)(CCCSc1c(Cl)ccc2c1CCNCC2)c1ccccc1. The molecule has 0 radical (unpaired) electrons. The summed E-state index contributed by atoms with van der Waals surface area (Å²) in [5.41, 5.74) is 2.68. The summed E-state index contributed by atoms with van der Waals surface area (Å²) >= 11 is 8.10. The van der Waals surface area contributed by atoms with Gasteiger partial charge in [0, 0.05) is 4.90 Å². The Morgan fingerprint density at radius 3 is 2.60 bits per heavy atom. The molecule has 1 N–H and O–H groups in total. The van der Waals surface area contributed by atoms with Gasteiger partial charge in [-0.15, -0.1) is 11.8 Å². The van der Waals surface area contributed by atoms with Gasteiger partial charge in [0.05, 0.1) is 15.7 Å². The summed E-state index contributed by atoms with van der Waals surface area (Å²) in [6.45, 7) is 1.96. The second kappa shape index (κ2) is 8.58. The van der Waals surface area contributed by atoms with E-state index >= 15 is 0 Å². The van der Waals surface area contributed by atoms with Gasteiger partial charge in [0.15, 0.2) is 9.84 Å². The standard InChI is InChI=1S/C19H22ClNO2S2/c20-18-8-7-15-9-11-21-12-10-17(15)19(18)24-13-4-14-25(22,23)16-5-2-1-3-6-16/h1-3,5-8,21H,4,9-14H2. The molecular weight excluding hydrogens is 374 g/mol. The average Bonchev–Trinajstić information content (AvgIpc) is 2.86. The van der Waals surface area contributed by atoms with Crippen LogP contribution in [0.25, 0.3) is 0 Å². The highest BCUT2D eigenvalue weighted by atomic mass is 35.5. The number of benzene rings is 2. The Kier molecular flexibility index (Phi) is 6.44. The maximum absolute atomic E-state index is 12.3. The molecule has 1 aliphatic rings. The Hall–Kier alpha value is -1.01. The van der Waals surface area contributed by atoms with Crippen molar-refractivity contribution in [2.24, 2.45) is 0 Å². The summed E-state index contributed by atoms with van der Waals surface area (Å²) < 4.78 is 24.7. The summed E-state index contributed by atoms with van der Waals surface area (Å²) in [7, 11) is -3.20. The van der Waals surface area contributed by atoms with Crippen LogP contribution in [0.15, 0.2) is 52.3 Å². The largest absolute Gasteiger partial charge is 0.316 e. The van der Waals surface area contributed by atoms with Gasteiger partial charge in [-0.3, -0.25) is 0 Å². The molecule has 0 amide bonds. The van der Waals surface area contributed by atoms with Crippen LogP contribution in [0.2, 0.25) is 5.02 Å². The number of nitrogens with one attached hydrogen (secondary N) is 1. The fraction of sp³-hybridized carbons (Fsp3) is 0.368. The minimum absolute atomic E-state index is 0.165. The lowest BCUT2D eigenvalue weighted by atomic mass is 10.0. The van der Waals surface area contributed by atoms with Crippen molar-refractivity contribution in [1.82, 2.24) is 5.32 Å². The fourth-order valence-electron chi connectivity index (χ4n) is 3.03. The number of rotatable bonds is 6. The molecule has 3 rings (SSSR count).